The number of aliphatic carboxylic acids is 1. The zero-order valence-corrected chi connectivity index (χ0v) is 11.8. The molecule has 0 aliphatic carbocycles. The van der Waals surface area contributed by atoms with Crippen LogP contribution in [0.25, 0.3) is 0 Å². The molecule has 118 valence electrons. The van der Waals surface area contributed by atoms with Gasteiger partial charge in [-0.3, -0.25) is 4.79 Å². The minimum atomic E-state index is -4.55. The maximum Gasteiger partial charge on any atom is 0.416 e. The van der Waals surface area contributed by atoms with Crippen molar-refractivity contribution in [2.24, 2.45) is 0 Å². The molecule has 0 aliphatic rings. The van der Waals surface area contributed by atoms with Crippen LogP contribution < -0.4 is 4.72 Å². The molecule has 0 fully saturated rings. The number of hydrogen-bond donors (Lipinski definition) is 2. The molecule has 9 heteroatoms. The van der Waals surface area contributed by atoms with Crippen LogP contribution in [0.3, 0.4) is 0 Å². The number of carboxylic acids is 1. The molecule has 0 aromatic heterocycles. The Morgan fingerprint density at radius 2 is 1.81 bits per heavy atom. The Bertz CT molecular complexity index is 596. The van der Waals surface area contributed by atoms with Gasteiger partial charge in [-0.2, -0.15) is 13.2 Å². The van der Waals surface area contributed by atoms with E-state index in [0.29, 0.717) is 12.1 Å². The SMILES string of the molecule is CCC(CC(=O)O)NS(=O)(=O)c1ccc(C(F)(F)F)cc1. The van der Waals surface area contributed by atoms with Crippen LogP contribution in [0.4, 0.5) is 13.2 Å². The van der Waals surface area contributed by atoms with Crippen LogP contribution >= 0.6 is 0 Å². The average Bonchev–Trinajstić information content (AvgIpc) is 2.36. The van der Waals surface area contributed by atoms with Crippen molar-refractivity contribution in [1.82, 2.24) is 4.72 Å². The van der Waals surface area contributed by atoms with E-state index in [0.717, 1.165) is 12.1 Å². The van der Waals surface area contributed by atoms with E-state index in [4.69, 9.17) is 5.11 Å². The zero-order chi connectivity index (χ0) is 16.3. The van der Waals surface area contributed by atoms with Gasteiger partial charge in [0.05, 0.1) is 16.9 Å². The van der Waals surface area contributed by atoms with E-state index >= 15 is 0 Å². The Kier molecular flexibility index (Phi) is 5.35. The van der Waals surface area contributed by atoms with Gasteiger partial charge in [-0.05, 0) is 30.7 Å². The molecule has 0 spiro atoms. The summed E-state index contributed by atoms with van der Waals surface area (Å²) < 4.78 is 63.3. The van der Waals surface area contributed by atoms with Crippen LogP contribution in [0.1, 0.15) is 25.3 Å². The highest BCUT2D eigenvalue weighted by atomic mass is 32.2. The van der Waals surface area contributed by atoms with Gasteiger partial charge in [-0.1, -0.05) is 6.92 Å². The number of benzene rings is 1. The second kappa shape index (κ2) is 6.44. The predicted octanol–water partition coefficient (Wildman–Crippen LogP) is 2.24. The monoisotopic (exact) mass is 325 g/mol. The number of carbonyl (C=O) groups is 1. The van der Waals surface area contributed by atoms with Gasteiger partial charge in [0.15, 0.2) is 0 Å². The molecular formula is C12H14F3NO4S. The summed E-state index contributed by atoms with van der Waals surface area (Å²) in [4.78, 5) is 10.2. The van der Waals surface area contributed by atoms with E-state index in [1.165, 1.54) is 0 Å². The number of hydrogen-bond acceptors (Lipinski definition) is 3. The third-order valence-electron chi connectivity index (χ3n) is 2.73. The summed E-state index contributed by atoms with van der Waals surface area (Å²) in [5.41, 5.74) is -0.959. The van der Waals surface area contributed by atoms with Crippen molar-refractivity contribution < 1.29 is 31.5 Å². The van der Waals surface area contributed by atoms with Crippen molar-refractivity contribution in [2.75, 3.05) is 0 Å². The first kappa shape index (κ1) is 17.4. The first-order chi connectivity index (χ1) is 9.56. The van der Waals surface area contributed by atoms with Crippen LogP contribution in [0.5, 0.6) is 0 Å². The summed E-state index contributed by atoms with van der Waals surface area (Å²) in [6.45, 7) is 1.60. The zero-order valence-electron chi connectivity index (χ0n) is 11.0. The van der Waals surface area contributed by atoms with Crippen molar-refractivity contribution >= 4 is 16.0 Å². The molecule has 0 radical (unpaired) electrons. The normalized spacial score (nSPS) is 13.9. The number of nitrogens with one attached hydrogen (secondary N) is 1. The average molecular weight is 325 g/mol. The molecule has 2 N–H and O–H groups in total. The fourth-order valence-corrected chi connectivity index (χ4v) is 2.91. The van der Waals surface area contributed by atoms with E-state index in [1.807, 2.05) is 0 Å². The minimum absolute atomic E-state index is 0.242. The van der Waals surface area contributed by atoms with E-state index < -0.39 is 40.2 Å². The van der Waals surface area contributed by atoms with E-state index in [-0.39, 0.29) is 11.3 Å². The Morgan fingerprint density at radius 1 is 1.29 bits per heavy atom. The summed E-state index contributed by atoms with van der Waals surface area (Å²) in [6.07, 6.45) is -4.71. The number of rotatable bonds is 6. The molecule has 21 heavy (non-hydrogen) atoms. The van der Waals surface area contributed by atoms with Gasteiger partial charge in [-0.25, -0.2) is 13.1 Å². The molecule has 0 amide bonds. The van der Waals surface area contributed by atoms with Crippen molar-refractivity contribution in [1.29, 1.82) is 0 Å². The first-order valence-electron chi connectivity index (χ1n) is 5.97. The van der Waals surface area contributed by atoms with Crippen LogP contribution in [-0.2, 0) is 21.0 Å². The maximum atomic E-state index is 12.4. The lowest BCUT2D eigenvalue weighted by Crippen LogP contribution is -2.36. The molecule has 0 saturated heterocycles. The Labute approximate surface area is 119 Å². The van der Waals surface area contributed by atoms with Crippen LogP contribution in [-0.4, -0.2) is 25.5 Å². The molecule has 0 saturated carbocycles. The van der Waals surface area contributed by atoms with Crippen LogP contribution in [0, 0.1) is 0 Å². The molecule has 1 atom stereocenters. The van der Waals surface area contributed by atoms with Gasteiger partial charge in [0.2, 0.25) is 10.0 Å². The number of sulfonamides is 1. The van der Waals surface area contributed by atoms with Gasteiger partial charge in [0, 0.05) is 6.04 Å². The Hall–Kier alpha value is -1.61. The summed E-state index contributed by atoms with van der Waals surface area (Å²) in [7, 11) is -4.06. The first-order valence-corrected chi connectivity index (χ1v) is 7.46. The lowest BCUT2D eigenvalue weighted by atomic mass is 10.2. The molecule has 1 unspecified atom stereocenters. The minimum Gasteiger partial charge on any atom is -0.481 e. The van der Waals surface area contributed by atoms with Crippen LogP contribution in [0.2, 0.25) is 0 Å². The van der Waals surface area contributed by atoms with E-state index in [1.54, 1.807) is 6.92 Å². The number of alkyl halides is 3. The largest absolute Gasteiger partial charge is 0.481 e. The standard InChI is InChI=1S/C12H14F3NO4S/c1-2-9(7-11(17)18)16-21(19,20)10-5-3-8(4-6-10)12(13,14)15/h3-6,9,16H,2,7H2,1H3,(H,17,18). The molecular weight excluding hydrogens is 311 g/mol. The van der Waals surface area contributed by atoms with Crippen molar-refractivity contribution in [3.05, 3.63) is 29.8 Å². The lowest BCUT2D eigenvalue weighted by molar-refractivity contribution is -0.138. The summed E-state index contributed by atoms with van der Waals surface area (Å²) in [5, 5.41) is 8.65. The van der Waals surface area contributed by atoms with Crippen molar-refractivity contribution in [2.45, 2.75) is 36.9 Å². The highest BCUT2D eigenvalue weighted by Crippen LogP contribution is 2.29. The number of halogens is 3. The van der Waals surface area contributed by atoms with Gasteiger partial charge < -0.3 is 5.11 Å². The molecule has 1 aromatic rings. The van der Waals surface area contributed by atoms with E-state index in [2.05, 4.69) is 4.72 Å². The molecule has 0 aliphatic heterocycles. The van der Waals surface area contributed by atoms with Gasteiger partial charge in [0.25, 0.3) is 0 Å². The second-order valence-corrected chi connectivity index (χ2v) is 6.06. The third kappa shape index (κ3) is 5.01. The summed E-state index contributed by atoms with van der Waals surface area (Å²) in [5.74, 6) is -1.17. The molecule has 0 heterocycles. The van der Waals surface area contributed by atoms with Crippen LogP contribution in [0.15, 0.2) is 29.2 Å². The van der Waals surface area contributed by atoms with Crippen molar-refractivity contribution in [3.8, 4) is 0 Å². The highest BCUT2D eigenvalue weighted by Gasteiger charge is 2.31. The smallest absolute Gasteiger partial charge is 0.416 e. The summed E-state index contributed by atoms with van der Waals surface area (Å²) in [6, 6.07) is 2.16. The second-order valence-electron chi connectivity index (χ2n) is 4.35. The molecule has 5 nitrogen and oxygen atoms in total. The predicted molar refractivity (Wildman–Crippen MR) is 68.1 cm³/mol. The van der Waals surface area contributed by atoms with Crippen molar-refractivity contribution in [3.63, 3.8) is 0 Å². The highest BCUT2D eigenvalue weighted by molar-refractivity contribution is 7.89. The molecule has 0 bridgehead atoms. The fraction of sp³-hybridized carbons (Fsp3) is 0.417. The summed E-state index contributed by atoms with van der Waals surface area (Å²) >= 11 is 0. The quantitative estimate of drug-likeness (QED) is 0.840. The number of carboxylic acid groups (broad SMARTS) is 1. The lowest BCUT2D eigenvalue weighted by Gasteiger charge is -2.15. The van der Waals surface area contributed by atoms with E-state index in [9.17, 15) is 26.4 Å². The Morgan fingerprint density at radius 3 is 2.19 bits per heavy atom. The maximum absolute atomic E-state index is 12.4. The Balaban J connectivity index is 2.95. The van der Waals surface area contributed by atoms with Gasteiger partial charge in [-0.15, -0.1) is 0 Å². The topological polar surface area (TPSA) is 83.5 Å². The van der Waals surface area contributed by atoms with Gasteiger partial charge in [0.1, 0.15) is 0 Å². The van der Waals surface area contributed by atoms with Gasteiger partial charge >= 0.3 is 12.1 Å². The molecule has 1 aromatic carbocycles. The third-order valence-corrected chi connectivity index (χ3v) is 4.26. The molecule has 1 rings (SSSR count). The fourth-order valence-electron chi connectivity index (χ4n) is 1.59.